The van der Waals surface area contributed by atoms with E-state index in [2.05, 4.69) is 5.32 Å². The van der Waals surface area contributed by atoms with Crippen LogP contribution in [-0.4, -0.2) is 30.6 Å². The Hall–Kier alpha value is -2.04. The topological polar surface area (TPSA) is 75.6 Å². The number of carboxylic acid groups (broad SMARTS) is 1. The zero-order chi connectivity index (χ0) is 16.4. The Morgan fingerprint density at radius 1 is 1.18 bits per heavy atom. The second kappa shape index (κ2) is 9.82. The van der Waals surface area contributed by atoms with E-state index in [1.807, 2.05) is 31.2 Å². The molecule has 1 amide bonds. The van der Waals surface area contributed by atoms with Crippen LogP contribution in [0.5, 0.6) is 5.75 Å². The Kier molecular flexibility index (Phi) is 8.04. The van der Waals surface area contributed by atoms with Gasteiger partial charge in [0.15, 0.2) is 0 Å². The maximum Gasteiger partial charge on any atom is 0.303 e. The van der Waals surface area contributed by atoms with Crippen molar-refractivity contribution in [3.63, 3.8) is 0 Å². The summed E-state index contributed by atoms with van der Waals surface area (Å²) < 4.78 is 5.11. The highest BCUT2D eigenvalue weighted by atomic mass is 16.5. The molecule has 0 radical (unpaired) electrons. The maximum absolute atomic E-state index is 11.9. The van der Waals surface area contributed by atoms with Crippen molar-refractivity contribution in [1.29, 1.82) is 0 Å². The first kappa shape index (κ1) is 18.0. The number of nitrogens with one attached hydrogen (secondary N) is 1. The number of aliphatic carboxylic acids is 1. The first-order valence-electron chi connectivity index (χ1n) is 7.65. The number of amides is 1. The predicted octanol–water partition coefficient (Wildman–Crippen LogP) is 2.95. The molecule has 0 spiro atoms. The number of unbranched alkanes of at least 4 members (excludes halogenated alkanes) is 2. The summed E-state index contributed by atoms with van der Waals surface area (Å²) in [6.45, 7) is 2.63. The Bertz CT molecular complexity index is 470. The molecule has 5 nitrogen and oxygen atoms in total. The Balaban J connectivity index is 2.21. The van der Waals surface area contributed by atoms with E-state index in [-0.39, 0.29) is 18.2 Å². The molecule has 0 saturated heterocycles. The molecular formula is C17H25NO4. The molecule has 0 aliphatic rings. The van der Waals surface area contributed by atoms with Crippen LogP contribution in [0.2, 0.25) is 0 Å². The van der Waals surface area contributed by atoms with Crippen LogP contribution in [0.4, 0.5) is 0 Å². The molecule has 2 N–H and O–H groups in total. The highest BCUT2D eigenvalue weighted by molar-refractivity contribution is 5.76. The number of methoxy groups -OCH3 is 1. The highest BCUT2D eigenvalue weighted by Gasteiger charge is 2.11. The van der Waals surface area contributed by atoms with Crippen LogP contribution in [0.3, 0.4) is 0 Å². The monoisotopic (exact) mass is 307 g/mol. The van der Waals surface area contributed by atoms with Gasteiger partial charge < -0.3 is 15.2 Å². The minimum atomic E-state index is -0.766. The summed E-state index contributed by atoms with van der Waals surface area (Å²) in [5, 5.41) is 11.4. The number of rotatable bonds is 10. The first-order valence-corrected chi connectivity index (χ1v) is 7.65. The Morgan fingerprint density at radius 3 is 2.45 bits per heavy atom. The summed E-state index contributed by atoms with van der Waals surface area (Å²) in [5.74, 6) is 0.221. The summed E-state index contributed by atoms with van der Waals surface area (Å²) in [7, 11) is 1.63. The lowest BCUT2D eigenvalue weighted by atomic mass is 9.97. The number of carbonyl (C=O) groups is 2. The van der Waals surface area contributed by atoms with Crippen molar-refractivity contribution in [2.24, 2.45) is 0 Å². The van der Waals surface area contributed by atoms with Gasteiger partial charge in [0.25, 0.3) is 0 Å². The van der Waals surface area contributed by atoms with E-state index < -0.39 is 5.97 Å². The van der Waals surface area contributed by atoms with Gasteiger partial charge in [0.05, 0.1) is 7.11 Å². The van der Waals surface area contributed by atoms with E-state index in [1.54, 1.807) is 7.11 Å². The third-order valence-corrected chi connectivity index (χ3v) is 3.57. The molecule has 1 unspecified atom stereocenters. The second-order valence-electron chi connectivity index (χ2n) is 5.43. The zero-order valence-corrected chi connectivity index (χ0v) is 13.3. The van der Waals surface area contributed by atoms with Gasteiger partial charge in [-0.1, -0.05) is 25.5 Å². The number of hydrogen-bond acceptors (Lipinski definition) is 3. The van der Waals surface area contributed by atoms with Gasteiger partial charge >= 0.3 is 5.97 Å². The van der Waals surface area contributed by atoms with Crippen molar-refractivity contribution in [2.75, 3.05) is 13.7 Å². The van der Waals surface area contributed by atoms with Gasteiger partial charge in [0.1, 0.15) is 5.75 Å². The molecule has 1 aromatic carbocycles. The zero-order valence-electron chi connectivity index (χ0n) is 13.3. The lowest BCUT2D eigenvalue weighted by Crippen LogP contribution is -2.25. The van der Waals surface area contributed by atoms with E-state index in [1.165, 1.54) is 0 Å². The third kappa shape index (κ3) is 7.11. The van der Waals surface area contributed by atoms with E-state index >= 15 is 0 Å². The largest absolute Gasteiger partial charge is 0.497 e. The number of ether oxygens (including phenoxy) is 1. The first-order chi connectivity index (χ1) is 10.5. The molecule has 0 saturated carbocycles. The molecule has 1 aromatic rings. The minimum Gasteiger partial charge on any atom is -0.497 e. The van der Waals surface area contributed by atoms with E-state index in [0.29, 0.717) is 19.4 Å². The SMILES string of the molecule is COc1ccc(C(C)CC(=O)NCCCCCC(=O)O)cc1. The molecule has 0 fully saturated rings. The average molecular weight is 307 g/mol. The van der Waals surface area contributed by atoms with Crippen molar-refractivity contribution in [3.05, 3.63) is 29.8 Å². The van der Waals surface area contributed by atoms with Crippen LogP contribution in [0.25, 0.3) is 0 Å². The fourth-order valence-corrected chi connectivity index (χ4v) is 2.21. The molecule has 0 aliphatic heterocycles. The summed E-state index contributed by atoms with van der Waals surface area (Å²) in [6, 6.07) is 7.74. The number of hydrogen-bond donors (Lipinski definition) is 2. The quantitative estimate of drug-likeness (QED) is 0.652. The van der Waals surface area contributed by atoms with Gasteiger partial charge in [-0.25, -0.2) is 0 Å². The van der Waals surface area contributed by atoms with Crippen molar-refractivity contribution in [3.8, 4) is 5.75 Å². The minimum absolute atomic E-state index is 0.0292. The summed E-state index contributed by atoms with van der Waals surface area (Å²) in [4.78, 5) is 22.2. The predicted molar refractivity (Wildman–Crippen MR) is 85.1 cm³/mol. The summed E-state index contributed by atoms with van der Waals surface area (Å²) in [5.41, 5.74) is 1.11. The summed E-state index contributed by atoms with van der Waals surface area (Å²) >= 11 is 0. The fourth-order valence-electron chi connectivity index (χ4n) is 2.21. The standard InChI is InChI=1S/C17H25NO4/c1-13(14-7-9-15(22-2)10-8-14)12-16(19)18-11-5-3-4-6-17(20)21/h7-10,13H,3-6,11-12H2,1-2H3,(H,18,19)(H,20,21). The lowest BCUT2D eigenvalue weighted by Gasteiger charge is -2.12. The smallest absolute Gasteiger partial charge is 0.303 e. The average Bonchev–Trinajstić information content (AvgIpc) is 2.50. The van der Waals surface area contributed by atoms with E-state index in [9.17, 15) is 9.59 Å². The van der Waals surface area contributed by atoms with Gasteiger partial charge in [-0.05, 0) is 36.5 Å². The molecule has 0 bridgehead atoms. The fraction of sp³-hybridized carbons (Fsp3) is 0.529. The maximum atomic E-state index is 11.9. The van der Waals surface area contributed by atoms with E-state index in [0.717, 1.165) is 24.2 Å². The molecule has 0 aromatic heterocycles. The molecule has 0 aliphatic carbocycles. The van der Waals surface area contributed by atoms with Crippen LogP contribution in [0.1, 0.15) is 50.5 Å². The van der Waals surface area contributed by atoms with Crippen LogP contribution < -0.4 is 10.1 Å². The van der Waals surface area contributed by atoms with Crippen molar-refractivity contribution in [2.45, 2.75) is 44.9 Å². The van der Waals surface area contributed by atoms with Crippen molar-refractivity contribution >= 4 is 11.9 Å². The van der Waals surface area contributed by atoms with E-state index in [4.69, 9.17) is 9.84 Å². The second-order valence-corrected chi connectivity index (χ2v) is 5.43. The van der Waals surface area contributed by atoms with Gasteiger partial charge in [-0.2, -0.15) is 0 Å². The molecule has 5 heteroatoms. The molecule has 22 heavy (non-hydrogen) atoms. The van der Waals surface area contributed by atoms with Gasteiger partial charge in [0, 0.05) is 19.4 Å². The van der Waals surface area contributed by atoms with Crippen molar-refractivity contribution < 1.29 is 19.4 Å². The third-order valence-electron chi connectivity index (χ3n) is 3.57. The van der Waals surface area contributed by atoms with Crippen LogP contribution in [0.15, 0.2) is 24.3 Å². The van der Waals surface area contributed by atoms with Gasteiger partial charge in [0.2, 0.25) is 5.91 Å². The molecule has 122 valence electrons. The van der Waals surface area contributed by atoms with Gasteiger partial charge in [-0.3, -0.25) is 9.59 Å². The Morgan fingerprint density at radius 2 is 1.86 bits per heavy atom. The van der Waals surface area contributed by atoms with Crippen LogP contribution in [0, 0.1) is 0 Å². The lowest BCUT2D eigenvalue weighted by molar-refractivity contribution is -0.137. The molecule has 0 heterocycles. The highest BCUT2D eigenvalue weighted by Crippen LogP contribution is 2.21. The summed E-state index contributed by atoms with van der Waals surface area (Å²) in [6.07, 6.45) is 2.94. The normalized spacial score (nSPS) is 11.7. The van der Waals surface area contributed by atoms with Crippen molar-refractivity contribution in [1.82, 2.24) is 5.32 Å². The number of carboxylic acids is 1. The number of benzene rings is 1. The molecule has 1 rings (SSSR count). The Labute approximate surface area is 131 Å². The molecular weight excluding hydrogens is 282 g/mol. The number of carbonyl (C=O) groups excluding carboxylic acids is 1. The van der Waals surface area contributed by atoms with Crippen LogP contribution in [-0.2, 0) is 9.59 Å². The van der Waals surface area contributed by atoms with Gasteiger partial charge in [-0.15, -0.1) is 0 Å². The molecule has 1 atom stereocenters. The van der Waals surface area contributed by atoms with Crippen LogP contribution >= 0.6 is 0 Å².